The summed E-state index contributed by atoms with van der Waals surface area (Å²) in [6, 6.07) is 5.55. The molecule has 0 fully saturated rings. The van der Waals surface area contributed by atoms with Crippen LogP contribution in [0.1, 0.15) is 18.9 Å². The molecule has 0 bridgehead atoms. The second kappa shape index (κ2) is 5.35. The maximum Gasteiger partial charge on any atom is 0.212 e. The van der Waals surface area contributed by atoms with Gasteiger partial charge in [0, 0.05) is 12.0 Å². The predicted molar refractivity (Wildman–Crippen MR) is 84.9 cm³/mol. The van der Waals surface area contributed by atoms with E-state index >= 15 is 0 Å². The maximum atomic E-state index is 6.22. The summed E-state index contributed by atoms with van der Waals surface area (Å²) in [5.41, 5.74) is 1.63. The van der Waals surface area contributed by atoms with Crippen LogP contribution in [0.25, 0.3) is 16.2 Å². The normalized spacial score (nSPS) is 11.7. The highest BCUT2D eigenvalue weighted by molar-refractivity contribution is 7.16. The Bertz CT molecular complexity index is 729. The Labute approximate surface area is 131 Å². The third kappa shape index (κ3) is 2.55. The molecule has 3 rings (SSSR count). The Hall–Kier alpha value is -1.10. The molecule has 0 atom stereocenters. The predicted octanol–water partition coefficient (Wildman–Crippen LogP) is 4.96. The van der Waals surface area contributed by atoms with Gasteiger partial charge in [0.1, 0.15) is 5.01 Å². The van der Waals surface area contributed by atoms with Gasteiger partial charge >= 0.3 is 0 Å². The van der Waals surface area contributed by atoms with Crippen molar-refractivity contribution in [2.24, 2.45) is 5.92 Å². The van der Waals surface area contributed by atoms with Crippen LogP contribution < -0.4 is 0 Å². The van der Waals surface area contributed by atoms with Crippen LogP contribution in [0.5, 0.6) is 0 Å². The Morgan fingerprint density at radius 3 is 2.80 bits per heavy atom. The van der Waals surface area contributed by atoms with Crippen LogP contribution in [-0.2, 0) is 6.42 Å². The molecule has 3 nitrogen and oxygen atoms in total. The second-order valence-electron chi connectivity index (χ2n) is 5.05. The lowest BCUT2D eigenvalue weighted by molar-refractivity contribution is 0.637. The van der Waals surface area contributed by atoms with Crippen LogP contribution in [0.2, 0.25) is 10.0 Å². The number of aromatic nitrogens is 3. The van der Waals surface area contributed by atoms with E-state index in [4.69, 9.17) is 23.2 Å². The van der Waals surface area contributed by atoms with E-state index in [1.165, 1.54) is 0 Å². The number of imidazole rings is 1. The van der Waals surface area contributed by atoms with Crippen molar-refractivity contribution in [3.63, 3.8) is 0 Å². The van der Waals surface area contributed by atoms with Gasteiger partial charge in [-0.05, 0) is 12.0 Å². The molecule has 0 aliphatic heterocycles. The lowest BCUT2D eigenvalue weighted by atomic mass is 10.1. The average molecular weight is 326 g/mol. The van der Waals surface area contributed by atoms with Crippen LogP contribution in [-0.4, -0.2) is 14.6 Å². The van der Waals surface area contributed by atoms with E-state index in [0.29, 0.717) is 16.0 Å². The minimum atomic E-state index is 0.530. The summed E-state index contributed by atoms with van der Waals surface area (Å²) < 4.78 is 1.81. The van der Waals surface area contributed by atoms with Crippen molar-refractivity contribution in [3.8, 4) is 11.3 Å². The number of hydrogen-bond acceptors (Lipinski definition) is 3. The molecule has 2 heterocycles. The number of hydrogen-bond donors (Lipinski definition) is 0. The minimum absolute atomic E-state index is 0.530. The fraction of sp³-hybridized carbons (Fsp3) is 0.286. The summed E-state index contributed by atoms with van der Waals surface area (Å²) >= 11 is 13.9. The lowest BCUT2D eigenvalue weighted by Crippen LogP contribution is -1.94. The third-order valence-electron chi connectivity index (χ3n) is 2.90. The molecular weight excluding hydrogens is 313 g/mol. The van der Waals surface area contributed by atoms with Gasteiger partial charge in [0.2, 0.25) is 4.96 Å². The molecule has 0 aliphatic carbocycles. The van der Waals surface area contributed by atoms with Crippen molar-refractivity contribution in [2.45, 2.75) is 20.3 Å². The molecule has 0 amide bonds. The van der Waals surface area contributed by atoms with Crippen LogP contribution in [0.4, 0.5) is 0 Å². The molecule has 6 heteroatoms. The van der Waals surface area contributed by atoms with Gasteiger partial charge in [-0.25, -0.2) is 9.50 Å². The maximum absolute atomic E-state index is 6.22. The molecule has 3 aromatic rings. The van der Waals surface area contributed by atoms with Gasteiger partial charge in [0.05, 0.1) is 21.9 Å². The molecule has 0 spiro atoms. The van der Waals surface area contributed by atoms with Crippen LogP contribution in [0.3, 0.4) is 0 Å². The molecule has 0 unspecified atom stereocenters. The number of rotatable bonds is 3. The molecule has 0 saturated heterocycles. The lowest BCUT2D eigenvalue weighted by Gasteiger charge is -2.01. The van der Waals surface area contributed by atoms with E-state index in [0.717, 1.165) is 27.6 Å². The highest BCUT2D eigenvalue weighted by Gasteiger charge is 2.13. The second-order valence-corrected chi connectivity index (χ2v) is 6.87. The zero-order valence-electron chi connectivity index (χ0n) is 11.1. The number of fused-ring (bicyclic) bond motifs is 1. The van der Waals surface area contributed by atoms with Crippen LogP contribution in [0.15, 0.2) is 24.4 Å². The minimum Gasteiger partial charge on any atom is -0.217 e. The van der Waals surface area contributed by atoms with E-state index in [2.05, 4.69) is 23.9 Å². The van der Waals surface area contributed by atoms with Gasteiger partial charge < -0.3 is 0 Å². The first-order valence-corrected chi connectivity index (χ1v) is 7.91. The summed E-state index contributed by atoms with van der Waals surface area (Å²) in [4.78, 5) is 5.47. The van der Waals surface area contributed by atoms with Crippen molar-refractivity contribution in [2.75, 3.05) is 0 Å². The highest BCUT2D eigenvalue weighted by Crippen LogP contribution is 2.33. The summed E-state index contributed by atoms with van der Waals surface area (Å²) in [7, 11) is 0. The summed E-state index contributed by atoms with van der Waals surface area (Å²) in [5, 5.41) is 6.72. The molecular formula is C14H13Cl2N3S. The molecule has 20 heavy (non-hydrogen) atoms. The van der Waals surface area contributed by atoms with Crippen LogP contribution >= 0.6 is 34.5 Å². The fourth-order valence-corrected chi connectivity index (χ4v) is 3.49. The smallest absolute Gasteiger partial charge is 0.212 e. The van der Waals surface area contributed by atoms with Crippen molar-refractivity contribution >= 4 is 39.5 Å². The van der Waals surface area contributed by atoms with E-state index in [1.54, 1.807) is 17.4 Å². The van der Waals surface area contributed by atoms with Crippen LogP contribution in [0, 0.1) is 5.92 Å². The molecule has 2 aromatic heterocycles. The highest BCUT2D eigenvalue weighted by atomic mass is 35.5. The topological polar surface area (TPSA) is 30.2 Å². The van der Waals surface area contributed by atoms with Gasteiger partial charge in [-0.1, -0.05) is 60.5 Å². The van der Waals surface area contributed by atoms with Crippen molar-refractivity contribution in [1.82, 2.24) is 14.6 Å². The first kappa shape index (κ1) is 13.9. The first-order chi connectivity index (χ1) is 9.54. The van der Waals surface area contributed by atoms with E-state index in [-0.39, 0.29) is 0 Å². The van der Waals surface area contributed by atoms with Gasteiger partial charge in [-0.2, -0.15) is 5.10 Å². The first-order valence-electron chi connectivity index (χ1n) is 6.34. The average Bonchev–Trinajstić information content (AvgIpc) is 2.89. The van der Waals surface area contributed by atoms with Gasteiger partial charge in [-0.3, -0.25) is 0 Å². The standard InChI is InChI=1S/C14H13Cl2N3S/c1-8(2)6-12-18-19-7-11(17-14(19)20-12)9-4-3-5-10(15)13(9)16/h3-5,7-8H,6H2,1-2H3. The molecule has 1 aromatic carbocycles. The Balaban J connectivity index is 2.01. The van der Waals surface area contributed by atoms with E-state index < -0.39 is 0 Å². The summed E-state index contributed by atoms with van der Waals surface area (Å²) in [6.45, 7) is 4.36. The van der Waals surface area contributed by atoms with E-state index in [1.807, 2.05) is 22.8 Å². The van der Waals surface area contributed by atoms with Crippen molar-refractivity contribution < 1.29 is 0 Å². The fourth-order valence-electron chi connectivity index (χ4n) is 2.00. The molecule has 0 N–H and O–H groups in total. The molecule has 0 radical (unpaired) electrons. The number of nitrogens with zero attached hydrogens (tertiary/aromatic N) is 3. The van der Waals surface area contributed by atoms with E-state index in [9.17, 15) is 0 Å². The monoisotopic (exact) mass is 325 g/mol. The Morgan fingerprint density at radius 1 is 1.30 bits per heavy atom. The third-order valence-corrected chi connectivity index (χ3v) is 4.66. The number of benzene rings is 1. The quantitative estimate of drug-likeness (QED) is 0.681. The Morgan fingerprint density at radius 2 is 2.10 bits per heavy atom. The van der Waals surface area contributed by atoms with Gasteiger partial charge in [0.25, 0.3) is 0 Å². The van der Waals surface area contributed by atoms with Gasteiger partial charge in [0.15, 0.2) is 0 Å². The van der Waals surface area contributed by atoms with Gasteiger partial charge in [-0.15, -0.1) is 0 Å². The van der Waals surface area contributed by atoms with Crippen molar-refractivity contribution in [3.05, 3.63) is 39.4 Å². The summed E-state index contributed by atoms with van der Waals surface area (Å²) in [6.07, 6.45) is 2.87. The zero-order chi connectivity index (χ0) is 14.3. The SMILES string of the molecule is CC(C)Cc1nn2cc(-c3cccc(Cl)c3Cl)nc2s1. The largest absolute Gasteiger partial charge is 0.217 e. The molecule has 0 saturated carbocycles. The Kier molecular flexibility index (Phi) is 3.71. The molecule has 104 valence electrons. The summed E-state index contributed by atoms with van der Waals surface area (Å²) in [5.74, 6) is 0.590. The number of halogens is 2. The molecule has 0 aliphatic rings. The van der Waals surface area contributed by atoms with Crippen molar-refractivity contribution in [1.29, 1.82) is 0 Å². The zero-order valence-corrected chi connectivity index (χ0v) is 13.4.